The zero-order valence-electron chi connectivity index (χ0n) is 17.9. The standard InChI is InChI=1S/C24H29N3O3/c1-16(2)14-20(18-8-6-5-7-9-18)25-21(28)15-27-22(29)24(4,26-23(27)30)19-12-10-17(3)11-13-19/h5-13,16,20H,14-15H2,1-4H3,(H,25,28)(H,26,30). The van der Waals surface area contributed by atoms with Crippen LogP contribution in [-0.2, 0) is 15.1 Å². The quantitative estimate of drug-likeness (QED) is 0.688. The Kier molecular flexibility index (Phi) is 6.25. The molecule has 2 N–H and O–H groups in total. The summed E-state index contributed by atoms with van der Waals surface area (Å²) in [5.74, 6) is -0.412. The second-order valence-electron chi connectivity index (χ2n) is 8.47. The SMILES string of the molecule is Cc1ccc(C2(C)NC(=O)N(CC(=O)NC(CC(C)C)c3ccccc3)C2=O)cc1. The van der Waals surface area contributed by atoms with Crippen molar-refractivity contribution in [2.24, 2.45) is 5.92 Å². The number of hydrogen-bond donors (Lipinski definition) is 2. The molecule has 4 amide bonds. The van der Waals surface area contributed by atoms with E-state index in [1.165, 1.54) is 0 Å². The van der Waals surface area contributed by atoms with Crippen molar-refractivity contribution in [2.45, 2.75) is 45.7 Å². The van der Waals surface area contributed by atoms with Gasteiger partial charge in [-0.3, -0.25) is 14.5 Å². The maximum Gasteiger partial charge on any atom is 0.325 e. The van der Waals surface area contributed by atoms with Crippen LogP contribution in [0.15, 0.2) is 54.6 Å². The van der Waals surface area contributed by atoms with Crippen LogP contribution in [0.2, 0.25) is 0 Å². The van der Waals surface area contributed by atoms with Crippen molar-refractivity contribution in [1.29, 1.82) is 0 Å². The van der Waals surface area contributed by atoms with Crippen molar-refractivity contribution in [3.05, 3.63) is 71.3 Å². The first-order valence-electron chi connectivity index (χ1n) is 10.3. The van der Waals surface area contributed by atoms with E-state index in [0.717, 1.165) is 22.4 Å². The van der Waals surface area contributed by atoms with Gasteiger partial charge in [0, 0.05) is 0 Å². The van der Waals surface area contributed by atoms with Crippen LogP contribution in [0.25, 0.3) is 0 Å². The molecule has 158 valence electrons. The number of urea groups is 1. The smallest absolute Gasteiger partial charge is 0.325 e. The summed E-state index contributed by atoms with van der Waals surface area (Å²) in [6.45, 7) is 7.49. The van der Waals surface area contributed by atoms with Gasteiger partial charge in [-0.2, -0.15) is 0 Å². The highest BCUT2D eigenvalue weighted by molar-refractivity contribution is 6.09. The Labute approximate surface area is 177 Å². The lowest BCUT2D eigenvalue weighted by Crippen LogP contribution is -2.44. The van der Waals surface area contributed by atoms with Crippen LogP contribution in [0.3, 0.4) is 0 Å². The molecule has 2 aromatic carbocycles. The molecule has 3 rings (SSSR count). The van der Waals surface area contributed by atoms with Gasteiger partial charge in [0.05, 0.1) is 6.04 Å². The van der Waals surface area contributed by atoms with E-state index >= 15 is 0 Å². The molecule has 6 nitrogen and oxygen atoms in total. The van der Waals surface area contributed by atoms with E-state index in [1.807, 2.05) is 61.5 Å². The average Bonchev–Trinajstić information content (AvgIpc) is 2.92. The molecule has 0 radical (unpaired) electrons. The molecule has 0 spiro atoms. The Balaban J connectivity index is 1.73. The molecule has 30 heavy (non-hydrogen) atoms. The first kappa shape index (κ1) is 21.6. The Bertz CT molecular complexity index is 924. The van der Waals surface area contributed by atoms with Crippen LogP contribution in [0.5, 0.6) is 0 Å². The predicted molar refractivity (Wildman–Crippen MR) is 116 cm³/mol. The molecule has 1 heterocycles. The van der Waals surface area contributed by atoms with Crippen molar-refractivity contribution in [1.82, 2.24) is 15.5 Å². The second kappa shape index (κ2) is 8.69. The summed E-state index contributed by atoms with van der Waals surface area (Å²) in [5.41, 5.74) is 1.58. The zero-order valence-corrected chi connectivity index (χ0v) is 17.9. The third-order valence-electron chi connectivity index (χ3n) is 5.45. The number of imide groups is 1. The summed E-state index contributed by atoms with van der Waals surface area (Å²) in [6.07, 6.45) is 0.761. The van der Waals surface area contributed by atoms with Gasteiger partial charge in [0.1, 0.15) is 12.1 Å². The van der Waals surface area contributed by atoms with Gasteiger partial charge in [-0.1, -0.05) is 74.0 Å². The molecular weight excluding hydrogens is 378 g/mol. The number of hydrogen-bond acceptors (Lipinski definition) is 3. The number of aryl methyl sites for hydroxylation is 1. The number of rotatable bonds is 7. The third kappa shape index (κ3) is 4.53. The summed E-state index contributed by atoms with van der Waals surface area (Å²) in [5, 5.41) is 5.74. The lowest BCUT2D eigenvalue weighted by Gasteiger charge is -2.24. The maximum absolute atomic E-state index is 13.1. The summed E-state index contributed by atoms with van der Waals surface area (Å²) in [4.78, 5) is 39.3. The lowest BCUT2D eigenvalue weighted by atomic mass is 9.91. The van der Waals surface area contributed by atoms with Crippen LogP contribution in [0.4, 0.5) is 4.79 Å². The number of carbonyl (C=O) groups excluding carboxylic acids is 3. The largest absolute Gasteiger partial charge is 0.348 e. The van der Waals surface area contributed by atoms with Gasteiger partial charge in [0.2, 0.25) is 5.91 Å². The van der Waals surface area contributed by atoms with Gasteiger partial charge in [-0.25, -0.2) is 4.79 Å². The molecule has 1 aliphatic rings. The van der Waals surface area contributed by atoms with Crippen molar-refractivity contribution < 1.29 is 14.4 Å². The highest BCUT2D eigenvalue weighted by Crippen LogP contribution is 2.29. The fraction of sp³-hybridized carbons (Fsp3) is 0.375. The van der Waals surface area contributed by atoms with Crippen LogP contribution in [0, 0.1) is 12.8 Å². The number of benzene rings is 2. The summed E-state index contributed by atoms with van der Waals surface area (Å²) in [7, 11) is 0. The average molecular weight is 408 g/mol. The molecule has 1 fully saturated rings. The topological polar surface area (TPSA) is 78.5 Å². The fourth-order valence-electron chi connectivity index (χ4n) is 3.74. The van der Waals surface area contributed by atoms with Gasteiger partial charge in [-0.05, 0) is 37.3 Å². The molecule has 1 saturated heterocycles. The van der Waals surface area contributed by atoms with Gasteiger partial charge in [0.25, 0.3) is 5.91 Å². The highest BCUT2D eigenvalue weighted by Gasteiger charge is 2.49. The molecule has 0 aliphatic carbocycles. The summed E-state index contributed by atoms with van der Waals surface area (Å²) < 4.78 is 0. The lowest BCUT2D eigenvalue weighted by molar-refractivity contribution is -0.135. The molecule has 2 unspecified atom stereocenters. The molecule has 0 bridgehead atoms. The van der Waals surface area contributed by atoms with E-state index in [9.17, 15) is 14.4 Å². The van der Waals surface area contributed by atoms with Crippen LogP contribution < -0.4 is 10.6 Å². The highest BCUT2D eigenvalue weighted by atomic mass is 16.2. The van der Waals surface area contributed by atoms with Gasteiger partial charge in [0.15, 0.2) is 0 Å². The monoisotopic (exact) mass is 407 g/mol. The summed E-state index contributed by atoms with van der Waals surface area (Å²) >= 11 is 0. The minimum Gasteiger partial charge on any atom is -0.348 e. The minimum atomic E-state index is -1.18. The van der Waals surface area contributed by atoms with Crippen molar-refractivity contribution in [2.75, 3.05) is 6.54 Å². The second-order valence-corrected chi connectivity index (χ2v) is 8.47. The molecule has 0 aromatic heterocycles. The maximum atomic E-state index is 13.1. The Morgan fingerprint density at radius 2 is 1.70 bits per heavy atom. The van der Waals surface area contributed by atoms with E-state index in [-0.39, 0.29) is 18.5 Å². The minimum absolute atomic E-state index is 0.178. The molecular formula is C24H29N3O3. The van der Waals surface area contributed by atoms with Crippen LogP contribution in [-0.4, -0.2) is 29.3 Å². The molecule has 1 aliphatic heterocycles. The van der Waals surface area contributed by atoms with Crippen LogP contribution in [0.1, 0.15) is 49.9 Å². The first-order chi connectivity index (χ1) is 14.2. The van der Waals surface area contributed by atoms with E-state index in [2.05, 4.69) is 24.5 Å². The van der Waals surface area contributed by atoms with Gasteiger partial charge in [-0.15, -0.1) is 0 Å². The van der Waals surface area contributed by atoms with E-state index in [4.69, 9.17) is 0 Å². The fourth-order valence-corrected chi connectivity index (χ4v) is 3.74. The Morgan fingerprint density at radius 3 is 2.30 bits per heavy atom. The van der Waals surface area contributed by atoms with E-state index in [0.29, 0.717) is 11.5 Å². The van der Waals surface area contributed by atoms with E-state index in [1.54, 1.807) is 6.92 Å². The van der Waals surface area contributed by atoms with Crippen molar-refractivity contribution in [3.63, 3.8) is 0 Å². The number of amides is 4. The van der Waals surface area contributed by atoms with Gasteiger partial charge >= 0.3 is 6.03 Å². The third-order valence-corrected chi connectivity index (χ3v) is 5.45. The molecule has 6 heteroatoms. The molecule has 2 aromatic rings. The van der Waals surface area contributed by atoms with Gasteiger partial charge < -0.3 is 10.6 Å². The molecule has 0 saturated carbocycles. The van der Waals surface area contributed by atoms with Crippen molar-refractivity contribution in [3.8, 4) is 0 Å². The number of nitrogens with zero attached hydrogens (tertiary/aromatic N) is 1. The summed E-state index contributed by atoms with van der Waals surface area (Å²) in [6, 6.07) is 16.4. The molecule has 2 atom stereocenters. The van der Waals surface area contributed by atoms with Crippen molar-refractivity contribution >= 4 is 17.8 Å². The van der Waals surface area contributed by atoms with Crippen LogP contribution >= 0.6 is 0 Å². The zero-order chi connectivity index (χ0) is 21.9. The predicted octanol–water partition coefficient (Wildman–Crippen LogP) is 3.67. The number of carbonyl (C=O) groups is 3. The Hall–Kier alpha value is -3.15. The Morgan fingerprint density at radius 1 is 1.07 bits per heavy atom. The first-order valence-corrected chi connectivity index (χ1v) is 10.3. The normalized spacial score (nSPS) is 19.7. The van der Waals surface area contributed by atoms with E-state index < -0.39 is 17.5 Å². The number of nitrogens with one attached hydrogen (secondary N) is 2.